The summed E-state index contributed by atoms with van der Waals surface area (Å²) >= 11 is 7.65. The molecule has 2 amide bonds. The number of para-hydroxylation sites is 1. The Kier molecular flexibility index (Phi) is 6.68. The highest BCUT2D eigenvalue weighted by Crippen LogP contribution is 2.21. The molecule has 7 heteroatoms. The number of carbonyl (C=O) groups is 2. The number of nitrogens with one attached hydrogen (secondary N) is 1. The van der Waals surface area contributed by atoms with Gasteiger partial charge in [0, 0.05) is 17.5 Å². The molecule has 28 heavy (non-hydrogen) atoms. The monoisotopic (exact) mass is 414 g/mol. The number of hydrogen-bond acceptors (Lipinski definition) is 4. The van der Waals surface area contributed by atoms with Crippen LogP contribution in [0, 0.1) is 0 Å². The van der Waals surface area contributed by atoms with E-state index in [0.29, 0.717) is 28.6 Å². The van der Waals surface area contributed by atoms with Gasteiger partial charge in [0.1, 0.15) is 12.4 Å². The van der Waals surface area contributed by atoms with Gasteiger partial charge in [-0.15, -0.1) is 11.3 Å². The first-order valence-corrected chi connectivity index (χ1v) is 9.84. The van der Waals surface area contributed by atoms with Crippen LogP contribution in [0.1, 0.15) is 15.2 Å². The van der Waals surface area contributed by atoms with E-state index in [1.54, 1.807) is 66.9 Å². The van der Waals surface area contributed by atoms with Crippen molar-refractivity contribution in [2.24, 2.45) is 0 Å². The fraction of sp³-hybridized carbons (Fsp3) is 0.143. The molecule has 0 saturated heterocycles. The van der Waals surface area contributed by atoms with E-state index in [1.165, 1.54) is 4.90 Å². The van der Waals surface area contributed by atoms with Gasteiger partial charge >= 0.3 is 0 Å². The summed E-state index contributed by atoms with van der Waals surface area (Å²) < 4.78 is 5.74. The molecule has 0 aliphatic rings. The average molecular weight is 415 g/mol. The number of nitrogens with zero attached hydrogens (tertiary/aromatic N) is 1. The standard InChI is InChI=1S/C21H19ClN2O3S/c1-24(13-20(25)23-19-10-3-2-9-18(19)22)21(26)15-6-4-7-16(12-15)27-14-17-8-5-11-28-17/h2-12H,13-14H2,1H3,(H,23,25). The number of halogens is 1. The van der Waals surface area contributed by atoms with Gasteiger partial charge in [-0.1, -0.05) is 35.9 Å². The van der Waals surface area contributed by atoms with E-state index >= 15 is 0 Å². The van der Waals surface area contributed by atoms with Gasteiger partial charge in [0.25, 0.3) is 5.91 Å². The smallest absolute Gasteiger partial charge is 0.254 e. The number of carbonyl (C=O) groups excluding carboxylic acids is 2. The third-order valence-corrected chi connectivity index (χ3v) is 5.10. The molecule has 0 unspecified atom stereocenters. The summed E-state index contributed by atoms with van der Waals surface area (Å²) in [7, 11) is 1.58. The summed E-state index contributed by atoms with van der Waals surface area (Å²) in [4.78, 5) is 27.3. The fourth-order valence-electron chi connectivity index (χ4n) is 2.53. The molecule has 0 atom stereocenters. The summed E-state index contributed by atoms with van der Waals surface area (Å²) in [5, 5.41) is 5.14. The minimum Gasteiger partial charge on any atom is -0.488 e. The Morgan fingerprint density at radius 3 is 2.68 bits per heavy atom. The number of rotatable bonds is 7. The molecule has 1 aromatic heterocycles. The Morgan fingerprint density at radius 1 is 1.11 bits per heavy atom. The molecule has 0 bridgehead atoms. The molecular formula is C21H19ClN2O3S. The van der Waals surface area contributed by atoms with Crippen LogP contribution >= 0.6 is 22.9 Å². The largest absolute Gasteiger partial charge is 0.488 e. The minimum atomic E-state index is -0.325. The average Bonchev–Trinajstić information content (AvgIpc) is 3.21. The molecule has 0 saturated carbocycles. The fourth-order valence-corrected chi connectivity index (χ4v) is 3.33. The number of hydrogen-bond donors (Lipinski definition) is 1. The van der Waals surface area contributed by atoms with Gasteiger partial charge in [-0.3, -0.25) is 9.59 Å². The molecule has 144 valence electrons. The third-order valence-electron chi connectivity index (χ3n) is 3.92. The van der Waals surface area contributed by atoms with Crippen molar-refractivity contribution in [3.05, 3.63) is 81.5 Å². The Bertz CT molecular complexity index is 960. The van der Waals surface area contributed by atoms with E-state index in [-0.39, 0.29) is 18.4 Å². The van der Waals surface area contributed by atoms with Crippen LogP contribution in [0.2, 0.25) is 5.02 Å². The van der Waals surface area contributed by atoms with Crippen LogP contribution in [0.5, 0.6) is 5.75 Å². The van der Waals surface area contributed by atoms with Gasteiger partial charge in [-0.2, -0.15) is 0 Å². The van der Waals surface area contributed by atoms with Crippen LogP contribution in [-0.2, 0) is 11.4 Å². The Morgan fingerprint density at radius 2 is 1.93 bits per heavy atom. The summed E-state index contributed by atoms with van der Waals surface area (Å²) in [6.45, 7) is 0.357. The number of thiophene rings is 1. The van der Waals surface area contributed by atoms with E-state index in [9.17, 15) is 9.59 Å². The van der Waals surface area contributed by atoms with Gasteiger partial charge in [0.05, 0.1) is 17.3 Å². The summed E-state index contributed by atoms with van der Waals surface area (Å²) in [5.74, 6) is 0.0121. The molecule has 1 heterocycles. The highest BCUT2D eigenvalue weighted by atomic mass is 35.5. The van der Waals surface area contributed by atoms with E-state index in [1.807, 2.05) is 17.5 Å². The minimum absolute atomic E-state index is 0.0929. The van der Waals surface area contributed by atoms with E-state index in [4.69, 9.17) is 16.3 Å². The molecule has 1 N–H and O–H groups in total. The normalized spacial score (nSPS) is 10.4. The van der Waals surface area contributed by atoms with Crippen LogP contribution in [-0.4, -0.2) is 30.3 Å². The Hall–Kier alpha value is -2.83. The van der Waals surface area contributed by atoms with Crippen LogP contribution in [0.25, 0.3) is 0 Å². The lowest BCUT2D eigenvalue weighted by Crippen LogP contribution is -2.35. The summed E-state index contributed by atoms with van der Waals surface area (Å²) in [6, 6.07) is 17.8. The highest BCUT2D eigenvalue weighted by Gasteiger charge is 2.16. The second-order valence-electron chi connectivity index (χ2n) is 6.09. The summed E-state index contributed by atoms with van der Waals surface area (Å²) in [6.07, 6.45) is 0. The lowest BCUT2D eigenvalue weighted by atomic mass is 10.2. The molecule has 3 aromatic rings. The van der Waals surface area contributed by atoms with Gasteiger partial charge in [0.15, 0.2) is 0 Å². The van der Waals surface area contributed by atoms with Crippen molar-refractivity contribution in [3.63, 3.8) is 0 Å². The zero-order valence-corrected chi connectivity index (χ0v) is 16.8. The lowest BCUT2D eigenvalue weighted by Gasteiger charge is -2.17. The van der Waals surface area contributed by atoms with E-state index in [0.717, 1.165) is 4.88 Å². The number of anilines is 1. The van der Waals surface area contributed by atoms with E-state index < -0.39 is 0 Å². The second-order valence-corrected chi connectivity index (χ2v) is 7.52. The quantitative estimate of drug-likeness (QED) is 0.610. The maximum absolute atomic E-state index is 12.7. The van der Waals surface area contributed by atoms with E-state index in [2.05, 4.69) is 5.32 Å². The number of likely N-dealkylation sites (N-methyl/N-ethyl adjacent to an activating group) is 1. The van der Waals surface area contributed by atoms with Crippen LogP contribution in [0.3, 0.4) is 0 Å². The topological polar surface area (TPSA) is 58.6 Å². The maximum atomic E-state index is 12.7. The number of ether oxygens (including phenoxy) is 1. The first-order chi connectivity index (χ1) is 13.5. The maximum Gasteiger partial charge on any atom is 0.254 e. The predicted molar refractivity (Wildman–Crippen MR) is 112 cm³/mol. The van der Waals surface area contributed by atoms with Crippen molar-refractivity contribution >= 4 is 40.4 Å². The van der Waals surface area contributed by atoms with Crippen LogP contribution < -0.4 is 10.1 Å². The Labute approximate surface area is 172 Å². The van der Waals surface area contributed by atoms with Crippen molar-refractivity contribution in [2.75, 3.05) is 18.9 Å². The Balaban J connectivity index is 1.58. The number of amides is 2. The molecule has 0 spiro atoms. The van der Waals surface area contributed by atoms with Crippen LogP contribution in [0.15, 0.2) is 66.0 Å². The van der Waals surface area contributed by atoms with Crippen LogP contribution in [0.4, 0.5) is 5.69 Å². The summed E-state index contributed by atoms with van der Waals surface area (Å²) in [5.41, 5.74) is 0.968. The predicted octanol–water partition coefficient (Wildman–Crippen LogP) is 4.69. The second kappa shape index (κ2) is 9.39. The molecule has 0 aliphatic heterocycles. The van der Waals surface area contributed by atoms with Crippen molar-refractivity contribution in [1.82, 2.24) is 4.90 Å². The van der Waals surface area contributed by atoms with Gasteiger partial charge in [0.2, 0.25) is 5.91 Å². The molecule has 2 aromatic carbocycles. The molecule has 0 fully saturated rings. The molecule has 5 nitrogen and oxygen atoms in total. The zero-order valence-electron chi connectivity index (χ0n) is 15.2. The van der Waals surface area contributed by atoms with Gasteiger partial charge in [-0.05, 0) is 41.8 Å². The highest BCUT2D eigenvalue weighted by molar-refractivity contribution is 7.09. The lowest BCUT2D eigenvalue weighted by molar-refractivity contribution is -0.116. The van der Waals surface area contributed by atoms with Crippen molar-refractivity contribution < 1.29 is 14.3 Å². The van der Waals surface area contributed by atoms with Crippen molar-refractivity contribution in [2.45, 2.75) is 6.61 Å². The SMILES string of the molecule is CN(CC(=O)Nc1ccccc1Cl)C(=O)c1cccc(OCc2cccs2)c1. The molecule has 3 rings (SSSR count). The zero-order chi connectivity index (χ0) is 19.9. The first kappa shape index (κ1) is 19.9. The van der Waals surface area contributed by atoms with Gasteiger partial charge in [-0.25, -0.2) is 0 Å². The molecular weight excluding hydrogens is 396 g/mol. The third kappa shape index (κ3) is 5.34. The molecule has 0 radical (unpaired) electrons. The number of benzene rings is 2. The van der Waals surface area contributed by atoms with Crippen molar-refractivity contribution in [1.29, 1.82) is 0 Å². The molecule has 0 aliphatic carbocycles. The van der Waals surface area contributed by atoms with Gasteiger partial charge < -0.3 is 15.0 Å². The first-order valence-electron chi connectivity index (χ1n) is 8.58. The van der Waals surface area contributed by atoms with Crippen molar-refractivity contribution in [3.8, 4) is 5.75 Å².